The van der Waals surface area contributed by atoms with Gasteiger partial charge < -0.3 is 19.8 Å². The van der Waals surface area contributed by atoms with E-state index in [1.54, 1.807) is 4.90 Å². The van der Waals surface area contributed by atoms with Crippen molar-refractivity contribution in [3.63, 3.8) is 0 Å². The van der Waals surface area contributed by atoms with Crippen LogP contribution >= 0.6 is 0 Å². The number of amides is 1. The van der Waals surface area contributed by atoms with Crippen LogP contribution in [-0.4, -0.2) is 28.1 Å². The van der Waals surface area contributed by atoms with E-state index in [-0.39, 0.29) is 29.5 Å². The lowest BCUT2D eigenvalue weighted by Crippen LogP contribution is -2.40. The quantitative estimate of drug-likeness (QED) is 0.245. The summed E-state index contributed by atoms with van der Waals surface area (Å²) in [7, 11) is 0. The molecule has 0 fully saturated rings. The highest BCUT2D eigenvalue weighted by Gasteiger charge is 2.29. The minimum atomic E-state index is -0.785. The van der Waals surface area contributed by atoms with Gasteiger partial charge in [-0.1, -0.05) is 81.6 Å². The van der Waals surface area contributed by atoms with E-state index in [2.05, 4.69) is 13.8 Å². The van der Waals surface area contributed by atoms with Crippen LogP contribution in [0.5, 0.6) is 11.5 Å². The lowest BCUT2D eigenvalue weighted by molar-refractivity contribution is 0.0468. The molecule has 0 heterocycles. The molecule has 0 radical (unpaired) electrons. The fourth-order valence-electron chi connectivity index (χ4n) is 4.10. The Morgan fingerprint density at radius 3 is 2.06 bits per heavy atom. The maximum Gasteiger partial charge on any atom is 0.342 e. The SMILES string of the molecule is CCCCC(CCC)N(C(=O)c1cc(O)c(C(=O)OCc2ccccc2)cc1O)c1ccccc1. The summed E-state index contributed by atoms with van der Waals surface area (Å²) in [5.74, 6) is -2.01. The zero-order chi connectivity index (χ0) is 25.2. The maximum absolute atomic E-state index is 13.7. The number of para-hydroxylation sites is 1. The fourth-order valence-corrected chi connectivity index (χ4v) is 4.10. The molecule has 1 atom stereocenters. The van der Waals surface area contributed by atoms with Gasteiger partial charge in [0.05, 0.1) is 5.56 Å². The van der Waals surface area contributed by atoms with Crippen molar-refractivity contribution < 1.29 is 24.5 Å². The Hall–Kier alpha value is -3.80. The van der Waals surface area contributed by atoms with Gasteiger partial charge in [0.15, 0.2) is 0 Å². The molecule has 35 heavy (non-hydrogen) atoms. The van der Waals surface area contributed by atoms with Crippen molar-refractivity contribution in [3.05, 3.63) is 89.5 Å². The lowest BCUT2D eigenvalue weighted by Gasteiger charge is -2.32. The van der Waals surface area contributed by atoms with E-state index in [4.69, 9.17) is 4.74 Å². The summed E-state index contributed by atoms with van der Waals surface area (Å²) < 4.78 is 5.28. The van der Waals surface area contributed by atoms with Crippen LogP contribution in [0.2, 0.25) is 0 Å². The van der Waals surface area contributed by atoms with Gasteiger partial charge >= 0.3 is 5.97 Å². The van der Waals surface area contributed by atoms with Gasteiger partial charge in [-0.2, -0.15) is 0 Å². The zero-order valence-corrected chi connectivity index (χ0v) is 20.3. The maximum atomic E-state index is 13.7. The Bertz CT molecular complexity index is 1110. The van der Waals surface area contributed by atoms with Crippen LogP contribution < -0.4 is 4.90 Å². The predicted molar refractivity (Wildman–Crippen MR) is 137 cm³/mol. The van der Waals surface area contributed by atoms with Gasteiger partial charge in [-0.25, -0.2) is 4.79 Å². The molecule has 6 nitrogen and oxygen atoms in total. The number of hydrogen-bond donors (Lipinski definition) is 2. The Balaban J connectivity index is 1.90. The fraction of sp³-hybridized carbons (Fsp3) is 0.310. The Labute approximate surface area is 206 Å². The summed E-state index contributed by atoms with van der Waals surface area (Å²) in [5.41, 5.74) is 1.25. The third-order valence-corrected chi connectivity index (χ3v) is 5.91. The first-order valence-corrected chi connectivity index (χ1v) is 12.1. The molecule has 184 valence electrons. The van der Waals surface area contributed by atoms with Gasteiger partial charge in [-0.3, -0.25) is 4.79 Å². The van der Waals surface area contributed by atoms with Crippen molar-refractivity contribution in [2.24, 2.45) is 0 Å². The van der Waals surface area contributed by atoms with Crippen molar-refractivity contribution >= 4 is 17.6 Å². The van der Waals surface area contributed by atoms with Crippen molar-refractivity contribution in [2.45, 2.75) is 58.6 Å². The first-order chi connectivity index (χ1) is 17.0. The number of phenolic OH excluding ortho intramolecular Hbond substituents is 2. The van der Waals surface area contributed by atoms with Gasteiger partial charge in [0.25, 0.3) is 5.91 Å². The normalized spacial score (nSPS) is 11.6. The number of aromatic hydroxyl groups is 2. The number of rotatable bonds is 11. The van der Waals surface area contributed by atoms with Gasteiger partial charge in [0, 0.05) is 11.7 Å². The van der Waals surface area contributed by atoms with Crippen molar-refractivity contribution in [3.8, 4) is 11.5 Å². The van der Waals surface area contributed by atoms with Gasteiger partial charge in [-0.05, 0) is 42.7 Å². The molecule has 0 aliphatic rings. The molecule has 2 N–H and O–H groups in total. The molecule has 0 saturated heterocycles. The number of anilines is 1. The highest BCUT2D eigenvalue weighted by Crippen LogP contribution is 2.32. The van der Waals surface area contributed by atoms with Gasteiger partial charge in [0.1, 0.15) is 23.7 Å². The van der Waals surface area contributed by atoms with E-state index >= 15 is 0 Å². The second-order valence-electron chi connectivity index (χ2n) is 8.54. The standard InChI is InChI=1S/C29H33NO5/c1-3-5-15-22(12-4-2)30(23-16-10-7-11-17-23)28(33)24-18-27(32)25(19-26(24)31)29(34)35-20-21-13-8-6-9-14-21/h6-11,13-14,16-19,22,31-32H,3-5,12,15,20H2,1-2H3. The molecular formula is C29H33NO5. The topological polar surface area (TPSA) is 87.1 Å². The first kappa shape index (κ1) is 25.8. The molecule has 0 saturated carbocycles. The monoisotopic (exact) mass is 475 g/mol. The van der Waals surface area contributed by atoms with Crippen molar-refractivity contribution in [1.82, 2.24) is 0 Å². The van der Waals surface area contributed by atoms with Crippen LogP contribution in [0, 0.1) is 0 Å². The zero-order valence-electron chi connectivity index (χ0n) is 20.3. The first-order valence-electron chi connectivity index (χ1n) is 12.1. The van der Waals surface area contributed by atoms with Crippen LogP contribution in [0.25, 0.3) is 0 Å². The average molecular weight is 476 g/mol. The number of phenols is 2. The van der Waals surface area contributed by atoms with E-state index in [0.29, 0.717) is 0 Å². The molecule has 0 bridgehead atoms. The largest absolute Gasteiger partial charge is 0.507 e. The van der Waals surface area contributed by atoms with Crippen molar-refractivity contribution in [1.29, 1.82) is 0 Å². The van der Waals surface area contributed by atoms with Crippen molar-refractivity contribution in [2.75, 3.05) is 4.90 Å². The molecule has 0 spiro atoms. The summed E-state index contributed by atoms with van der Waals surface area (Å²) in [4.78, 5) is 28.0. The van der Waals surface area contributed by atoms with Crippen LogP contribution in [0.1, 0.15) is 72.2 Å². The number of hydrogen-bond acceptors (Lipinski definition) is 5. The highest BCUT2D eigenvalue weighted by molar-refractivity contribution is 6.09. The van der Waals surface area contributed by atoms with Crippen LogP contribution in [0.15, 0.2) is 72.8 Å². The molecule has 1 unspecified atom stereocenters. The number of nitrogens with zero attached hydrogens (tertiary/aromatic N) is 1. The molecule has 3 aromatic rings. The third-order valence-electron chi connectivity index (χ3n) is 5.91. The molecule has 0 aliphatic carbocycles. The Morgan fingerprint density at radius 2 is 1.43 bits per heavy atom. The number of esters is 1. The van der Waals surface area contributed by atoms with Gasteiger partial charge in [0.2, 0.25) is 0 Å². The second kappa shape index (κ2) is 12.6. The number of ether oxygens (including phenoxy) is 1. The average Bonchev–Trinajstić information content (AvgIpc) is 2.88. The van der Waals surface area contributed by atoms with E-state index in [9.17, 15) is 19.8 Å². The highest BCUT2D eigenvalue weighted by atomic mass is 16.5. The molecule has 6 heteroatoms. The van der Waals surface area contributed by atoms with E-state index in [1.807, 2.05) is 60.7 Å². The van der Waals surface area contributed by atoms with Crippen LogP contribution in [0.4, 0.5) is 5.69 Å². The minimum Gasteiger partial charge on any atom is -0.507 e. The number of carbonyl (C=O) groups is 2. The van der Waals surface area contributed by atoms with Gasteiger partial charge in [-0.15, -0.1) is 0 Å². The van der Waals surface area contributed by atoms with E-state index in [1.165, 1.54) is 0 Å². The summed E-state index contributed by atoms with van der Waals surface area (Å²) >= 11 is 0. The number of benzene rings is 3. The van der Waals surface area contributed by atoms with E-state index < -0.39 is 17.6 Å². The number of carbonyl (C=O) groups excluding carboxylic acids is 2. The van der Waals surface area contributed by atoms with Crippen LogP contribution in [-0.2, 0) is 11.3 Å². The summed E-state index contributed by atoms with van der Waals surface area (Å²) in [6.07, 6.45) is 4.49. The van der Waals surface area contributed by atoms with E-state index in [0.717, 1.165) is 55.5 Å². The Kier molecular flexibility index (Phi) is 9.30. The molecule has 0 aliphatic heterocycles. The smallest absolute Gasteiger partial charge is 0.342 e. The predicted octanol–water partition coefficient (Wildman–Crippen LogP) is 6.46. The third kappa shape index (κ3) is 6.63. The summed E-state index contributed by atoms with van der Waals surface area (Å²) in [6.45, 7) is 4.21. The molecule has 3 rings (SSSR count). The minimum absolute atomic E-state index is 0.0263. The molecule has 3 aromatic carbocycles. The molecule has 0 aromatic heterocycles. The second-order valence-corrected chi connectivity index (χ2v) is 8.54. The summed E-state index contributed by atoms with van der Waals surface area (Å²) in [6, 6.07) is 20.7. The molecular weight excluding hydrogens is 442 g/mol. The van der Waals surface area contributed by atoms with Crippen LogP contribution in [0.3, 0.4) is 0 Å². The summed E-state index contributed by atoms with van der Waals surface area (Å²) in [5, 5.41) is 21.3. The molecule has 1 amide bonds. The number of unbranched alkanes of at least 4 members (excludes halogenated alkanes) is 1. The Morgan fingerprint density at radius 1 is 0.829 bits per heavy atom. The lowest BCUT2D eigenvalue weighted by atomic mass is 10.00.